The molecule has 140 valence electrons. The van der Waals surface area contributed by atoms with Crippen LogP contribution in [0.25, 0.3) is 0 Å². The minimum atomic E-state index is -0.440. The molecule has 0 atom stereocenters. The van der Waals surface area contributed by atoms with Crippen molar-refractivity contribution < 1.29 is 19.1 Å². The highest BCUT2D eigenvalue weighted by Gasteiger charge is 2.18. The van der Waals surface area contributed by atoms with Gasteiger partial charge in [-0.15, -0.1) is 11.3 Å². The molecule has 0 aliphatic rings. The lowest BCUT2D eigenvalue weighted by Crippen LogP contribution is -2.21. The van der Waals surface area contributed by atoms with E-state index < -0.39 is 5.97 Å². The molecule has 1 aromatic heterocycles. The van der Waals surface area contributed by atoms with Crippen LogP contribution in [0.3, 0.4) is 0 Å². The smallest absolute Gasteiger partial charge is 0.341 e. The molecule has 0 fully saturated rings. The predicted molar refractivity (Wildman–Crippen MR) is 105 cm³/mol. The number of hydrogen-bond acceptors (Lipinski definition) is 5. The summed E-state index contributed by atoms with van der Waals surface area (Å²) in [5, 5.41) is 3.90. The molecule has 0 bridgehead atoms. The van der Waals surface area contributed by atoms with E-state index >= 15 is 0 Å². The van der Waals surface area contributed by atoms with Gasteiger partial charge in [-0.05, 0) is 49.6 Å². The van der Waals surface area contributed by atoms with Gasteiger partial charge in [0.15, 0.2) is 6.61 Å². The van der Waals surface area contributed by atoms with Crippen LogP contribution in [-0.2, 0) is 22.4 Å². The molecule has 0 radical (unpaired) electrons. The van der Waals surface area contributed by atoms with Crippen molar-refractivity contribution in [3.63, 3.8) is 0 Å². The number of carbonyl (C=O) groups is 2. The van der Waals surface area contributed by atoms with Gasteiger partial charge >= 0.3 is 5.97 Å². The Morgan fingerprint density at radius 3 is 2.58 bits per heavy atom. The van der Waals surface area contributed by atoms with E-state index in [9.17, 15) is 9.59 Å². The van der Waals surface area contributed by atoms with Gasteiger partial charge in [0.25, 0.3) is 5.91 Å². The second-order valence-electron chi connectivity index (χ2n) is 5.47. The maximum Gasteiger partial charge on any atom is 0.341 e. The summed E-state index contributed by atoms with van der Waals surface area (Å²) >= 11 is 7.44. The topological polar surface area (TPSA) is 64.6 Å². The van der Waals surface area contributed by atoms with Gasteiger partial charge in [-0.2, -0.15) is 0 Å². The highest BCUT2D eigenvalue weighted by atomic mass is 35.5. The molecule has 0 aliphatic heterocycles. The molecule has 1 heterocycles. The Balaban J connectivity index is 2.03. The van der Waals surface area contributed by atoms with Gasteiger partial charge < -0.3 is 14.8 Å². The van der Waals surface area contributed by atoms with Crippen LogP contribution in [0.5, 0.6) is 5.75 Å². The quantitative estimate of drug-likeness (QED) is 0.657. The molecular formula is C19H22ClNO4S. The number of halogens is 1. The molecular weight excluding hydrogens is 374 g/mol. The van der Waals surface area contributed by atoms with Crippen LogP contribution in [0.4, 0.5) is 5.00 Å². The number of esters is 1. The minimum Gasteiger partial charge on any atom is -0.484 e. The summed E-state index contributed by atoms with van der Waals surface area (Å²) in [6.07, 6.45) is 1.55. The van der Waals surface area contributed by atoms with E-state index in [0.717, 1.165) is 23.3 Å². The highest BCUT2D eigenvalue weighted by Crippen LogP contribution is 2.29. The summed E-state index contributed by atoms with van der Waals surface area (Å²) in [6, 6.07) is 7.05. The zero-order valence-electron chi connectivity index (χ0n) is 15.1. The fourth-order valence-corrected chi connectivity index (χ4v) is 3.54. The first-order valence-corrected chi connectivity index (χ1v) is 9.68. The second kappa shape index (κ2) is 9.59. The molecule has 2 aromatic rings. The van der Waals surface area contributed by atoms with Gasteiger partial charge in [-0.3, -0.25) is 4.79 Å². The van der Waals surface area contributed by atoms with E-state index in [-0.39, 0.29) is 19.1 Å². The van der Waals surface area contributed by atoms with Crippen LogP contribution in [0.15, 0.2) is 24.3 Å². The summed E-state index contributed by atoms with van der Waals surface area (Å²) < 4.78 is 10.6. The molecule has 1 aromatic carbocycles. The predicted octanol–water partition coefficient (Wildman–Crippen LogP) is 4.72. The number of rotatable bonds is 8. The average molecular weight is 396 g/mol. The maximum absolute atomic E-state index is 12.2. The summed E-state index contributed by atoms with van der Waals surface area (Å²) in [7, 11) is 0. The van der Waals surface area contributed by atoms with E-state index in [4.69, 9.17) is 21.1 Å². The van der Waals surface area contributed by atoms with Crippen LogP contribution in [-0.4, -0.2) is 25.1 Å². The van der Waals surface area contributed by atoms with E-state index in [1.54, 1.807) is 25.1 Å². The van der Waals surface area contributed by atoms with E-state index in [1.165, 1.54) is 11.3 Å². The summed E-state index contributed by atoms with van der Waals surface area (Å²) in [6.45, 7) is 5.85. The van der Waals surface area contributed by atoms with E-state index in [0.29, 0.717) is 21.3 Å². The van der Waals surface area contributed by atoms with Gasteiger partial charge in [-0.25, -0.2) is 4.79 Å². The monoisotopic (exact) mass is 395 g/mol. The van der Waals surface area contributed by atoms with Crippen molar-refractivity contribution in [2.24, 2.45) is 0 Å². The first-order chi connectivity index (χ1) is 12.5. The van der Waals surface area contributed by atoms with Crippen molar-refractivity contribution in [1.82, 2.24) is 0 Å². The van der Waals surface area contributed by atoms with Crippen LogP contribution >= 0.6 is 22.9 Å². The zero-order valence-corrected chi connectivity index (χ0v) is 16.6. The van der Waals surface area contributed by atoms with Gasteiger partial charge in [0.1, 0.15) is 10.8 Å². The minimum absolute atomic E-state index is 0.160. The van der Waals surface area contributed by atoms with Crippen molar-refractivity contribution in [2.45, 2.75) is 33.6 Å². The number of anilines is 1. The highest BCUT2D eigenvalue weighted by molar-refractivity contribution is 7.16. The van der Waals surface area contributed by atoms with Gasteiger partial charge in [0, 0.05) is 9.90 Å². The Hall–Kier alpha value is -2.05. The lowest BCUT2D eigenvalue weighted by Gasteiger charge is -2.09. The van der Waals surface area contributed by atoms with E-state index in [1.807, 2.05) is 19.9 Å². The Bertz CT molecular complexity index is 788. The fourth-order valence-electron chi connectivity index (χ4n) is 2.29. The molecule has 0 saturated carbocycles. The first-order valence-electron chi connectivity index (χ1n) is 8.49. The molecule has 0 unspecified atom stereocenters. The van der Waals surface area contributed by atoms with Crippen molar-refractivity contribution in [2.75, 3.05) is 18.5 Å². The largest absolute Gasteiger partial charge is 0.484 e. The fraction of sp³-hybridized carbons (Fsp3) is 0.368. The SMILES string of the molecule is CCOC(=O)c1cc(CC)sc1NC(=O)COc1ccc(Cl)c(CC)c1. The lowest BCUT2D eigenvalue weighted by atomic mass is 10.1. The second-order valence-corrected chi connectivity index (χ2v) is 7.02. The molecule has 0 spiro atoms. The van der Waals surface area contributed by atoms with Crippen molar-refractivity contribution >= 4 is 39.8 Å². The maximum atomic E-state index is 12.2. The molecule has 1 amide bonds. The van der Waals surface area contributed by atoms with E-state index in [2.05, 4.69) is 5.32 Å². The van der Waals surface area contributed by atoms with Gasteiger partial charge in [-0.1, -0.05) is 25.4 Å². The third-order valence-corrected chi connectivity index (χ3v) is 5.21. The molecule has 0 aliphatic carbocycles. The molecule has 5 nitrogen and oxygen atoms in total. The van der Waals surface area contributed by atoms with Gasteiger partial charge in [0.05, 0.1) is 12.2 Å². The number of nitrogens with one attached hydrogen (secondary N) is 1. The van der Waals surface area contributed by atoms with Crippen LogP contribution in [0, 0.1) is 0 Å². The molecule has 0 saturated heterocycles. The molecule has 2 rings (SSSR count). The van der Waals surface area contributed by atoms with Crippen LogP contribution in [0.2, 0.25) is 5.02 Å². The number of ether oxygens (including phenoxy) is 2. The van der Waals surface area contributed by atoms with Crippen molar-refractivity contribution in [3.8, 4) is 5.75 Å². The molecule has 1 N–H and O–H groups in total. The summed E-state index contributed by atoms with van der Waals surface area (Å²) in [4.78, 5) is 25.3. The lowest BCUT2D eigenvalue weighted by molar-refractivity contribution is -0.118. The number of hydrogen-bond donors (Lipinski definition) is 1. The number of benzene rings is 1. The molecule has 26 heavy (non-hydrogen) atoms. The Morgan fingerprint density at radius 1 is 1.15 bits per heavy atom. The number of carbonyl (C=O) groups excluding carboxylic acids is 2. The standard InChI is InChI=1S/C19H22ClNO4S/c1-4-12-9-13(7-8-16(12)20)25-11-17(22)21-18-15(19(23)24-6-3)10-14(5-2)26-18/h7-10H,4-6,11H2,1-3H3,(H,21,22). The summed E-state index contributed by atoms with van der Waals surface area (Å²) in [5.41, 5.74) is 1.34. The average Bonchev–Trinajstić information content (AvgIpc) is 3.04. The third kappa shape index (κ3) is 5.22. The van der Waals surface area contributed by atoms with Crippen molar-refractivity contribution in [1.29, 1.82) is 0 Å². The number of thiophene rings is 1. The summed E-state index contributed by atoms with van der Waals surface area (Å²) in [5.74, 6) is -0.203. The normalized spacial score (nSPS) is 10.5. The van der Waals surface area contributed by atoms with Gasteiger partial charge in [0.2, 0.25) is 0 Å². The number of aryl methyl sites for hydroxylation is 2. The third-order valence-electron chi connectivity index (χ3n) is 3.65. The van der Waals surface area contributed by atoms with Crippen molar-refractivity contribution in [3.05, 3.63) is 45.3 Å². The Labute approximate surface area is 162 Å². The van der Waals surface area contributed by atoms with Crippen LogP contribution < -0.4 is 10.1 Å². The molecule has 7 heteroatoms. The Kier molecular flexibility index (Phi) is 7.48. The number of amides is 1. The first kappa shape index (κ1) is 20.3. The zero-order chi connectivity index (χ0) is 19.1. The Morgan fingerprint density at radius 2 is 1.92 bits per heavy atom. The van der Waals surface area contributed by atoms with Crippen LogP contribution in [0.1, 0.15) is 41.6 Å².